The molecule has 22 heavy (non-hydrogen) atoms. The van der Waals surface area contributed by atoms with Crippen molar-refractivity contribution in [2.45, 2.75) is 0 Å². The van der Waals surface area contributed by atoms with Crippen LogP contribution in [0.5, 0.6) is 0 Å². The number of thiophene rings is 1. The zero-order valence-corrected chi connectivity index (χ0v) is 13.4. The summed E-state index contributed by atoms with van der Waals surface area (Å²) in [6, 6.07) is 3.72. The second-order valence-electron chi connectivity index (χ2n) is 4.84. The van der Waals surface area contributed by atoms with E-state index >= 15 is 0 Å². The van der Waals surface area contributed by atoms with Crippen LogP contribution in [-0.4, -0.2) is 64.5 Å². The molecule has 2 aromatic rings. The number of nitrogens with zero attached hydrogens (tertiary/aromatic N) is 4. The van der Waals surface area contributed by atoms with E-state index in [0.717, 1.165) is 4.88 Å². The molecule has 0 unspecified atom stereocenters. The molecule has 7 nitrogen and oxygen atoms in total. The fraction of sp³-hybridized carbons (Fsp3) is 0.385. The van der Waals surface area contributed by atoms with E-state index in [1.54, 1.807) is 5.51 Å². The molecule has 1 aliphatic heterocycles. The first kappa shape index (κ1) is 15.1. The maximum absolute atomic E-state index is 12.2. The lowest BCUT2D eigenvalue weighted by atomic mass is 10.3. The first-order chi connectivity index (χ1) is 10.7. The molecular weight excluding hydrogens is 322 g/mol. The number of amides is 2. The largest absolute Gasteiger partial charge is 0.335 e. The number of hydrogen-bond acceptors (Lipinski definition) is 7. The molecule has 116 valence electrons. The van der Waals surface area contributed by atoms with Crippen LogP contribution in [0.2, 0.25) is 0 Å². The van der Waals surface area contributed by atoms with Crippen LogP contribution in [0, 0.1) is 0 Å². The highest BCUT2D eigenvalue weighted by Crippen LogP contribution is 2.14. The van der Waals surface area contributed by atoms with Crippen molar-refractivity contribution in [2.24, 2.45) is 0 Å². The van der Waals surface area contributed by atoms with Crippen molar-refractivity contribution in [1.29, 1.82) is 0 Å². The van der Waals surface area contributed by atoms with Crippen LogP contribution in [0.4, 0.5) is 5.13 Å². The molecule has 0 atom stereocenters. The van der Waals surface area contributed by atoms with E-state index in [-0.39, 0.29) is 11.8 Å². The maximum Gasteiger partial charge on any atom is 0.264 e. The lowest BCUT2D eigenvalue weighted by Crippen LogP contribution is -2.50. The normalized spacial score (nSPS) is 15.7. The Morgan fingerprint density at radius 2 is 2.05 bits per heavy atom. The van der Waals surface area contributed by atoms with Crippen LogP contribution in [0.25, 0.3) is 0 Å². The van der Waals surface area contributed by atoms with Crippen molar-refractivity contribution in [3.05, 3.63) is 27.9 Å². The first-order valence-electron chi connectivity index (χ1n) is 6.83. The molecule has 2 amide bonds. The number of aromatic nitrogens is 2. The number of anilines is 1. The summed E-state index contributed by atoms with van der Waals surface area (Å²) in [6.45, 7) is 2.98. The summed E-state index contributed by atoms with van der Waals surface area (Å²) in [7, 11) is 0. The van der Waals surface area contributed by atoms with Crippen molar-refractivity contribution in [3.63, 3.8) is 0 Å². The molecule has 0 radical (unpaired) electrons. The van der Waals surface area contributed by atoms with Crippen LogP contribution >= 0.6 is 22.7 Å². The summed E-state index contributed by atoms with van der Waals surface area (Å²) in [5.41, 5.74) is 1.57. The third-order valence-corrected chi connectivity index (χ3v) is 4.83. The van der Waals surface area contributed by atoms with E-state index < -0.39 is 0 Å². The van der Waals surface area contributed by atoms with Crippen molar-refractivity contribution in [1.82, 2.24) is 20.0 Å². The first-order valence-corrected chi connectivity index (χ1v) is 8.59. The second kappa shape index (κ2) is 6.95. The van der Waals surface area contributed by atoms with Gasteiger partial charge in [0, 0.05) is 26.2 Å². The lowest BCUT2D eigenvalue weighted by molar-refractivity contribution is -0.117. The Hall–Kier alpha value is -1.84. The summed E-state index contributed by atoms with van der Waals surface area (Å²) in [4.78, 5) is 28.8. The molecule has 2 aromatic heterocycles. The highest BCUT2D eigenvalue weighted by atomic mass is 32.1. The highest BCUT2D eigenvalue weighted by Gasteiger charge is 2.23. The highest BCUT2D eigenvalue weighted by molar-refractivity contribution is 7.13. The van der Waals surface area contributed by atoms with E-state index in [1.165, 1.54) is 22.7 Å². The monoisotopic (exact) mass is 337 g/mol. The molecule has 1 N–H and O–H groups in total. The summed E-state index contributed by atoms with van der Waals surface area (Å²) >= 11 is 2.75. The Labute approximate surface area is 135 Å². The van der Waals surface area contributed by atoms with Crippen molar-refractivity contribution < 1.29 is 9.59 Å². The summed E-state index contributed by atoms with van der Waals surface area (Å²) in [5.74, 6) is -0.0252. The third kappa shape index (κ3) is 3.67. The number of rotatable bonds is 4. The average Bonchev–Trinajstić information content (AvgIpc) is 3.20. The zero-order valence-electron chi connectivity index (χ0n) is 11.8. The van der Waals surface area contributed by atoms with Gasteiger partial charge in [-0.1, -0.05) is 17.4 Å². The van der Waals surface area contributed by atoms with Gasteiger partial charge in [0.15, 0.2) is 0 Å². The second-order valence-corrected chi connectivity index (χ2v) is 6.62. The van der Waals surface area contributed by atoms with Gasteiger partial charge >= 0.3 is 0 Å². The molecule has 0 aliphatic carbocycles. The van der Waals surface area contributed by atoms with Crippen LogP contribution in [-0.2, 0) is 4.79 Å². The molecule has 9 heteroatoms. The van der Waals surface area contributed by atoms with Crippen LogP contribution < -0.4 is 5.32 Å². The average molecular weight is 337 g/mol. The Kier molecular flexibility index (Phi) is 4.76. The van der Waals surface area contributed by atoms with Gasteiger partial charge in [0.05, 0.1) is 11.4 Å². The predicted octanol–water partition coefficient (Wildman–Crippen LogP) is 0.996. The minimum absolute atomic E-state index is 0.0768. The van der Waals surface area contributed by atoms with E-state index in [0.29, 0.717) is 37.9 Å². The topological polar surface area (TPSA) is 78.4 Å². The fourth-order valence-corrected chi connectivity index (χ4v) is 3.41. The number of hydrogen-bond donors (Lipinski definition) is 1. The SMILES string of the molecule is O=C(CN1CCN(C(=O)c2cccs2)CC1)Nc1nncs1. The van der Waals surface area contributed by atoms with Gasteiger partial charge in [-0.2, -0.15) is 0 Å². The third-order valence-electron chi connectivity index (χ3n) is 3.37. The smallest absolute Gasteiger partial charge is 0.264 e. The zero-order chi connectivity index (χ0) is 15.4. The predicted molar refractivity (Wildman–Crippen MR) is 85.2 cm³/mol. The minimum atomic E-state index is -0.102. The Balaban J connectivity index is 1.45. The Morgan fingerprint density at radius 3 is 2.68 bits per heavy atom. The van der Waals surface area contributed by atoms with Gasteiger partial charge in [-0.05, 0) is 11.4 Å². The molecule has 3 heterocycles. The summed E-state index contributed by atoms with van der Waals surface area (Å²) in [5, 5.41) is 12.6. The van der Waals surface area contributed by atoms with Gasteiger partial charge in [0.1, 0.15) is 5.51 Å². The quantitative estimate of drug-likeness (QED) is 0.900. The van der Waals surface area contributed by atoms with Gasteiger partial charge < -0.3 is 4.90 Å². The molecule has 0 bridgehead atoms. The molecule has 1 fully saturated rings. The molecule has 1 aliphatic rings. The van der Waals surface area contributed by atoms with E-state index in [9.17, 15) is 9.59 Å². The van der Waals surface area contributed by atoms with Gasteiger partial charge in [0.2, 0.25) is 11.0 Å². The van der Waals surface area contributed by atoms with Gasteiger partial charge in [-0.25, -0.2) is 0 Å². The maximum atomic E-state index is 12.2. The van der Waals surface area contributed by atoms with Gasteiger partial charge in [0.25, 0.3) is 5.91 Å². The van der Waals surface area contributed by atoms with E-state index in [2.05, 4.69) is 15.5 Å². The van der Waals surface area contributed by atoms with Gasteiger partial charge in [-0.15, -0.1) is 21.5 Å². The van der Waals surface area contributed by atoms with Crippen LogP contribution in [0.1, 0.15) is 9.67 Å². The van der Waals surface area contributed by atoms with Crippen LogP contribution in [0.15, 0.2) is 23.0 Å². The minimum Gasteiger partial charge on any atom is -0.335 e. The molecule has 3 rings (SSSR count). The number of carbonyl (C=O) groups excluding carboxylic acids is 2. The molecule has 0 spiro atoms. The lowest BCUT2D eigenvalue weighted by Gasteiger charge is -2.34. The molecule has 1 saturated heterocycles. The molecule has 0 saturated carbocycles. The summed E-state index contributed by atoms with van der Waals surface area (Å²) in [6.07, 6.45) is 0. The number of nitrogens with one attached hydrogen (secondary N) is 1. The molecule has 0 aromatic carbocycles. The Bertz CT molecular complexity index is 621. The number of piperazine rings is 1. The number of carbonyl (C=O) groups is 2. The fourth-order valence-electron chi connectivity index (χ4n) is 2.25. The van der Waals surface area contributed by atoms with Crippen molar-refractivity contribution in [2.75, 3.05) is 38.0 Å². The Morgan fingerprint density at radius 1 is 1.23 bits per heavy atom. The summed E-state index contributed by atoms with van der Waals surface area (Å²) < 4.78 is 0. The standard InChI is InChI=1S/C13H15N5O2S2/c19-11(15-13-16-14-9-22-13)8-17-3-5-18(6-4-17)12(20)10-2-1-7-21-10/h1-2,7,9H,3-6,8H2,(H,15,16,19). The van der Waals surface area contributed by atoms with Crippen molar-refractivity contribution in [3.8, 4) is 0 Å². The molecular formula is C13H15N5O2S2. The van der Waals surface area contributed by atoms with Gasteiger partial charge in [-0.3, -0.25) is 19.8 Å². The van der Waals surface area contributed by atoms with E-state index in [4.69, 9.17) is 0 Å². The van der Waals surface area contributed by atoms with Crippen LogP contribution in [0.3, 0.4) is 0 Å². The van der Waals surface area contributed by atoms with Crippen molar-refractivity contribution >= 4 is 39.6 Å². The van der Waals surface area contributed by atoms with E-state index in [1.807, 2.05) is 27.3 Å².